The van der Waals surface area contributed by atoms with Gasteiger partial charge >= 0.3 is 11.9 Å². The molecule has 3 N–H and O–H groups in total. The van der Waals surface area contributed by atoms with Crippen LogP contribution in [-0.4, -0.2) is 58.4 Å². The lowest BCUT2D eigenvalue weighted by Crippen LogP contribution is -2.49. The van der Waals surface area contributed by atoms with Crippen molar-refractivity contribution in [3.8, 4) is 0 Å². The number of rotatable bonds is 5. The zero-order valence-electron chi connectivity index (χ0n) is 16.1. The van der Waals surface area contributed by atoms with Crippen molar-refractivity contribution in [2.75, 3.05) is 20.6 Å². The fourth-order valence-electron chi connectivity index (χ4n) is 4.52. The first-order valence-electron chi connectivity index (χ1n) is 9.35. The molecule has 25 heavy (non-hydrogen) atoms. The number of hydrogen-bond donors (Lipinski definition) is 3. The third kappa shape index (κ3) is 5.68. The van der Waals surface area contributed by atoms with E-state index in [-0.39, 0.29) is 11.0 Å². The molecule has 6 nitrogen and oxygen atoms in total. The average molecular weight is 357 g/mol. The van der Waals surface area contributed by atoms with E-state index in [2.05, 4.69) is 32.8 Å². The Morgan fingerprint density at radius 2 is 1.68 bits per heavy atom. The van der Waals surface area contributed by atoms with E-state index in [1.165, 1.54) is 45.1 Å². The maximum atomic E-state index is 11.0. The average Bonchev–Trinajstić information content (AvgIpc) is 2.75. The van der Waals surface area contributed by atoms with E-state index in [0.29, 0.717) is 5.92 Å². The van der Waals surface area contributed by atoms with Crippen molar-refractivity contribution in [3.63, 3.8) is 0 Å². The summed E-state index contributed by atoms with van der Waals surface area (Å²) in [6.07, 6.45) is 9.85. The summed E-state index contributed by atoms with van der Waals surface area (Å²) in [5.74, 6) is -2.18. The van der Waals surface area contributed by atoms with Crippen molar-refractivity contribution in [3.05, 3.63) is 0 Å². The molecular weight excluding hydrogens is 322 g/mol. The van der Waals surface area contributed by atoms with Crippen LogP contribution >= 0.6 is 0 Å². The van der Waals surface area contributed by atoms with Gasteiger partial charge in [0.05, 0.1) is 5.60 Å². The molecule has 4 atom stereocenters. The predicted octanol–water partition coefficient (Wildman–Crippen LogP) is 2.84. The normalized spacial score (nSPS) is 34.2. The third-order valence-corrected chi connectivity index (χ3v) is 6.49. The second kappa shape index (κ2) is 8.99. The molecule has 0 aromatic carbocycles. The molecule has 0 aromatic rings. The van der Waals surface area contributed by atoms with Crippen LogP contribution in [0.15, 0.2) is 0 Å². The lowest BCUT2D eigenvalue weighted by Gasteiger charge is -2.49. The van der Waals surface area contributed by atoms with Gasteiger partial charge in [-0.25, -0.2) is 9.59 Å². The van der Waals surface area contributed by atoms with Gasteiger partial charge in [-0.15, -0.1) is 0 Å². The molecule has 0 bridgehead atoms. The predicted molar refractivity (Wildman–Crippen MR) is 96.5 cm³/mol. The Labute approximate surface area is 151 Å². The van der Waals surface area contributed by atoms with Gasteiger partial charge in [0.2, 0.25) is 0 Å². The van der Waals surface area contributed by atoms with Crippen LogP contribution in [-0.2, 0) is 9.59 Å². The summed E-state index contributed by atoms with van der Waals surface area (Å²) in [4.78, 5) is 20.5. The molecule has 2 rings (SSSR count). The molecule has 0 aliphatic heterocycles. The number of fused-ring (bicyclic) bond motifs is 1. The molecule has 0 saturated heterocycles. The van der Waals surface area contributed by atoms with Crippen LogP contribution in [0.5, 0.6) is 0 Å². The van der Waals surface area contributed by atoms with Crippen LogP contribution in [0.3, 0.4) is 0 Å². The highest BCUT2D eigenvalue weighted by Crippen LogP contribution is 2.59. The van der Waals surface area contributed by atoms with E-state index in [1.54, 1.807) is 0 Å². The molecule has 0 radical (unpaired) electrons. The van der Waals surface area contributed by atoms with Crippen molar-refractivity contribution in [1.82, 2.24) is 4.90 Å². The molecule has 0 amide bonds. The van der Waals surface area contributed by atoms with Gasteiger partial charge in [0.15, 0.2) is 0 Å². The summed E-state index contributed by atoms with van der Waals surface area (Å²) in [6, 6.07) is 0. The molecule has 2 aliphatic carbocycles. The summed E-state index contributed by atoms with van der Waals surface area (Å²) in [5, 5.41) is 25.8. The van der Waals surface area contributed by atoms with E-state index in [4.69, 9.17) is 19.8 Å². The van der Waals surface area contributed by atoms with Gasteiger partial charge in [0, 0.05) is 0 Å². The van der Waals surface area contributed by atoms with Crippen LogP contribution in [0.1, 0.15) is 65.2 Å². The molecule has 2 aliphatic rings. The Morgan fingerprint density at radius 1 is 1.08 bits per heavy atom. The van der Waals surface area contributed by atoms with Gasteiger partial charge in [-0.05, 0) is 76.4 Å². The zero-order valence-corrected chi connectivity index (χ0v) is 16.1. The SMILES string of the molecule is CC1CCC2(O)CC(CCCCN(C)C)CCC12C.O=C(O)C(=O)O. The lowest BCUT2D eigenvalue weighted by atomic mass is 9.60. The Balaban J connectivity index is 0.000000450. The molecule has 2 fully saturated rings. The summed E-state index contributed by atoms with van der Waals surface area (Å²) >= 11 is 0. The van der Waals surface area contributed by atoms with Crippen molar-refractivity contribution >= 4 is 11.9 Å². The van der Waals surface area contributed by atoms with Gasteiger partial charge in [-0.3, -0.25) is 0 Å². The first-order chi connectivity index (χ1) is 11.5. The smallest absolute Gasteiger partial charge is 0.414 e. The number of carboxylic acid groups (broad SMARTS) is 2. The van der Waals surface area contributed by atoms with Crippen molar-refractivity contribution < 1.29 is 24.9 Å². The van der Waals surface area contributed by atoms with E-state index in [1.807, 2.05) is 0 Å². The number of unbranched alkanes of at least 4 members (excludes halogenated alkanes) is 1. The lowest BCUT2D eigenvalue weighted by molar-refractivity contribution is -0.159. The Bertz CT molecular complexity index is 455. The van der Waals surface area contributed by atoms with Crippen LogP contribution in [0.25, 0.3) is 0 Å². The maximum absolute atomic E-state index is 11.0. The highest BCUT2D eigenvalue weighted by atomic mass is 16.4. The molecular formula is C19H35NO5. The minimum atomic E-state index is -1.82. The van der Waals surface area contributed by atoms with Crippen molar-refractivity contribution in [2.24, 2.45) is 17.3 Å². The van der Waals surface area contributed by atoms with Gasteiger partial charge in [-0.2, -0.15) is 0 Å². The van der Waals surface area contributed by atoms with Crippen molar-refractivity contribution in [1.29, 1.82) is 0 Å². The topological polar surface area (TPSA) is 98.1 Å². The quantitative estimate of drug-likeness (QED) is 0.517. The van der Waals surface area contributed by atoms with Crippen molar-refractivity contribution in [2.45, 2.75) is 70.8 Å². The Kier molecular flexibility index (Phi) is 7.88. The standard InChI is InChI=1S/C17H33NO.C2H2O4/c1-14-8-11-17(19)13-15(9-10-16(14,17)2)7-5-6-12-18(3)4;3-1(4)2(5)6/h14-15,19H,5-13H2,1-4H3;(H,3,4)(H,5,6). The number of carboxylic acids is 2. The third-order valence-electron chi connectivity index (χ3n) is 6.49. The van der Waals surface area contributed by atoms with E-state index >= 15 is 0 Å². The summed E-state index contributed by atoms with van der Waals surface area (Å²) < 4.78 is 0. The second-order valence-electron chi connectivity index (χ2n) is 8.41. The zero-order chi connectivity index (χ0) is 19.3. The number of aliphatic carboxylic acids is 2. The summed E-state index contributed by atoms with van der Waals surface area (Å²) in [5.41, 5.74) is -0.149. The molecule has 2 saturated carbocycles. The first-order valence-corrected chi connectivity index (χ1v) is 9.35. The Morgan fingerprint density at radius 3 is 2.20 bits per heavy atom. The monoisotopic (exact) mass is 357 g/mol. The molecule has 0 spiro atoms. The van der Waals surface area contributed by atoms with Gasteiger partial charge < -0.3 is 20.2 Å². The second-order valence-corrected chi connectivity index (χ2v) is 8.41. The molecule has 146 valence electrons. The molecule has 4 unspecified atom stereocenters. The minimum absolute atomic E-state index is 0.202. The highest BCUT2D eigenvalue weighted by molar-refractivity contribution is 6.27. The van der Waals surface area contributed by atoms with E-state index < -0.39 is 11.9 Å². The number of carbonyl (C=O) groups is 2. The largest absolute Gasteiger partial charge is 0.473 e. The highest BCUT2D eigenvalue weighted by Gasteiger charge is 2.56. The summed E-state index contributed by atoms with van der Waals surface area (Å²) in [7, 11) is 4.29. The number of aliphatic hydroxyl groups is 1. The molecule has 0 aromatic heterocycles. The minimum Gasteiger partial charge on any atom is -0.473 e. The first kappa shape index (κ1) is 21.9. The van der Waals surface area contributed by atoms with Gasteiger partial charge in [0.25, 0.3) is 0 Å². The number of nitrogens with zero attached hydrogens (tertiary/aromatic N) is 1. The van der Waals surface area contributed by atoms with E-state index in [9.17, 15) is 5.11 Å². The molecule has 6 heteroatoms. The van der Waals surface area contributed by atoms with Crippen LogP contribution in [0, 0.1) is 17.3 Å². The van der Waals surface area contributed by atoms with Crippen LogP contribution in [0.2, 0.25) is 0 Å². The van der Waals surface area contributed by atoms with Gasteiger partial charge in [0.1, 0.15) is 0 Å². The fraction of sp³-hybridized carbons (Fsp3) is 0.895. The van der Waals surface area contributed by atoms with Gasteiger partial charge in [-0.1, -0.05) is 26.7 Å². The van der Waals surface area contributed by atoms with E-state index in [0.717, 1.165) is 18.8 Å². The Hall–Kier alpha value is -1.14. The summed E-state index contributed by atoms with van der Waals surface area (Å²) in [6.45, 7) is 5.88. The number of hydrogen-bond acceptors (Lipinski definition) is 4. The maximum Gasteiger partial charge on any atom is 0.414 e. The van der Waals surface area contributed by atoms with Crippen LogP contribution in [0.4, 0.5) is 0 Å². The van der Waals surface area contributed by atoms with Crippen LogP contribution < -0.4 is 0 Å². The fourth-order valence-corrected chi connectivity index (χ4v) is 4.52. The molecule has 0 heterocycles.